The average Bonchev–Trinajstić information content (AvgIpc) is 3.03. The van der Waals surface area contributed by atoms with Gasteiger partial charge in [0.05, 0.1) is 23.4 Å². The molecule has 0 saturated carbocycles. The van der Waals surface area contributed by atoms with E-state index in [-0.39, 0.29) is 16.3 Å². The minimum Gasteiger partial charge on any atom is -0.453 e. The highest BCUT2D eigenvalue weighted by Crippen LogP contribution is 2.25. The van der Waals surface area contributed by atoms with E-state index in [4.69, 9.17) is 11.6 Å². The fourth-order valence-electron chi connectivity index (χ4n) is 2.54. The Morgan fingerprint density at radius 3 is 2.55 bits per heavy atom. The van der Waals surface area contributed by atoms with Crippen molar-refractivity contribution in [2.75, 3.05) is 25.5 Å². The van der Waals surface area contributed by atoms with Gasteiger partial charge >= 0.3 is 6.09 Å². The summed E-state index contributed by atoms with van der Waals surface area (Å²) in [6.07, 6.45) is 0.0324. The third kappa shape index (κ3) is 6.35. The summed E-state index contributed by atoms with van der Waals surface area (Å²) >= 11 is 6.16. The van der Waals surface area contributed by atoms with Gasteiger partial charge in [0.1, 0.15) is 17.3 Å². The minimum atomic E-state index is -0.510. The molecule has 158 valence electrons. The Morgan fingerprint density at radius 1 is 1.21 bits per heavy atom. The van der Waals surface area contributed by atoms with Crippen LogP contribution in [0, 0.1) is 6.92 Å². The van der Waals surface area contributed by atoms with Crippen LogP contribution in [0.4, 0.5) is 16.4 Å². The van der Waals surface area contributed by atoms with Crippen LogP contribution in [0.5, 0.6) is 0 Å². The van der Waals surface area contributed by atoms with Crippen molar-refractivity contribution in [2.24, 2.45) is 0 Å². The summed E-state index contributed by atoms with van der Waals surface area (Å²) in [5.41, 5.74) is 0.771. The molecular formula is C19H27ClN6O3. The number of methoxy groups -OCH3 is 1. The zero-order chi connectivity index (χ0) is 21.6. The number of nitrogens with one attached hydrogen (secondary N) is 3. The van der Waals surface area contributed by atoms with E-state index in [1.54, 1.807) is 12.1 Å². The van der Waals surface area contributed by atoms with E-state index < -0.39 is 12.0 Å². The van der Waals surface area contributed by atoms with E-state index in [9.17, 15) is 9.59 Å². The van der Waals surface area contributed by atoms with Crippen LogP contribution < -0.4 is 16.0 Å². The van der Waals surface area contributed by atoms with Crippen molar-refractivity contribution < 1.29 is 14.3 Å². The highest BCUT2D eigenvalue weighted by molar-refractivity contribution is 6.33. The van der Waals surface area contributed by atoms with Crippen molar-refractivity contribution in [1.29, 1.82) is 0 Å². The average molecular weight is 423 g/mol. The lowest BCUT2D eigenvalue weighted by atomic mass is 10.1. The number of carbonyl (C=O) groups is 2. The molecule has 0 fully saturated rings. The number of carbonyl (C=O) groups excluding carboxylic acids is 2. The fourth-order valence-corrected chi connectivity index (χ4v) is 2.73. The third-order valence-corrected chi connectivity index (χ3v) is 4.18. The van der Waals surface area contributed by atoms with Gasteiger partial charge in [0.2, 0.25) is 0 Å². The molecule has 2 amide bonds. The number of ether oxygens (including phenoxy) is 1. The van der Waals surface area contributed by atoms with Crippen LogP contribution in [0.3, 0.4) is 0 Å². The standard InChI is InChI=1S/C19H27ClN6O3/c1-12-11-15(26(25-12)19(2,3)4)23-14-8-7-13(20)16(24-14)17(27)21-9-6-10-22-18(28)29-5/h7-8,11H,6,9-10H2,1-5H3,(H,21,27)(H,22,28)(H,23,24). The number of alkyl carbamates (subject to hydrolysis) is 1. The number of halogens is 1. The van der Waals surface area contributed by atoms with Gasteiger partial charge in [0.15, 0.2) is 0 Å². The number of aryl methyl sites for hydroxylation is 1. The second-order valence-electron chi connectivity index (χ2n) is 7.43. The SMILES string of the molecule is COC(=O)NCCCNC(=O)c1nc(Nc2cc(C)nn2C(C)(C)C)ccc1Cl. The number of hydrogen-bond donors (Lipinski definition) is 3. The number of anilines is 2. The number of amides is 2. The molecule has 0 aliphatic carbocycles. The van der Waals surface area contributed by atoms with Gasteiger partial charge in [0.25, 0.3) is 5.91 Å². The van der Waals surface area contributed by atoms with Crippen LogP contribution in [-0.2, 0) is 10.3 Å². The number of pyridine rings is 1. The van der Waals surface area contributed by atoms with Crippen molar-refractivity contribution in [3.05, 3.63) is 34.6 Å². The molecule has 0 saturated heterocycles. The summed E-state index contributed by atoms with van der Waals surface area (Å²) in [4.78, 5) is 27.8. The number of hydrogen-bond acceptors (Lipinski definition) is 6. The van der Waals surface area contributed by atoms with Crippen LogP contribution >= 0.6 is 11.6 Å². The molecule has 0 aliphatic heterocycles. The molecule has 0 radical (unpaired) electrons. The quantitative estimate of drug-likeness (QED) is 0.591. The first kappa shape index (κ1) is 22.5. The number of nitrogens with zero attached hydrogens (tertiary/aromatic N) is 3. The monoisotopic (exact) mass is 422 g/mol. The maximum Gasteiger partial charge on any atom is 0.406 e. The van der Waals surface area contributed by atoms with E-state index in [1.807, 2.05) is 38.4 Å². The van der Waals surface area contributed by atoms with Crippen molar-refractivity contribution in [2.45, 2.75) is 39.7 Å². The molecule has 3 N–H and O–H groups in total. The first-order valence-corrected chi connectivity index (χ1v) is 9.60. The minimum absolute atomic E-state index is 0.121. The molecule has 10 heteroatoms. The lowest BCUT2D eigenvalue weighted by Crippen LogP contribution is -2.30. The topological polar surface area (TPSA) is 110 Å². The van der Waals surface area contributed by atoms with Crippen molar-refractivity contribution in [3.63, 3.8) is 0 Å². The van der Waals surface area contributed by atoms with Crippen LogP contribution in [0.1, 0.15) is 43.4 Å². The van der Waals surface area contributed by atoms with Crippen molar-refractivity contribution >= 4 is 35.2 Å². The molecule has 0 unspecified atom stereocenters. The number of rotatable bonds is 7. The van der Waals surface area contributed by atoms with Crippen LogP contribution in [-0.4, -0.2) is 47.0 Å². The summed E-state index contributed by atoms with van der Waals surface area (Å²) in [6.45, 7) is 8.80. The zero-order valence-electron chi connectivity index (χ0n) is 17.3. The van der Waals surface area contributed by atoms with Gasteiger partial charge in [-0.2, -0.15) is 5.10 Å². The molecule has 0 aliphatic rings. The van der Waals surface area contributed by atoms with Crippen LogP contribution in [0.25, 0.3) is 0 Å². The molecule has 0 aromatic carbocycles. The van der Waals surface area contributed by atoms with Gasteiger partial charge in [-0.1, -0.05) is 11.6 Å². The maximum absolute atomic E-state index is 12.4. The first-order chi connectivity index (χ1) is 13.6. The molecule has 9 nitrogen and oxygen atoms in total. The molecule has 0 atom stereocenters. The Morgan fingerprint density at radius 2 is 1.90 bits per heavy atom. The first-order valence-electron chi connectivity index (χ1n) is 9.22. The normalized spacial score (nSPS) is 11.1. The molecule has 2 aromatic heterocycles. The molecule has 2 rings (SSSR count). The second-order valence-corrected chi connectivity index (χ2v) is 7.84. The Bertz CT molecular complexity index is 875. The maximum atomic E-state index is 12.4. The Balaban J connectivity index is 2.05. The summed E-state index contributed by atoms with van der Waals surface area (Å²) < 4.78 is 6.35. The largest absolute Gasteiger partial charge is 0.453 e. The van der Waals surface area contributed by atoms with Crippen LogP contribution in [0.2, 0.25) is 5.02 Å². The summed E-state index contributed by atoms with van der Waals surface area (Å²) in [7, 11) is 1.29. The van der Waals surface area contributed by atoms with Gasteiger partial charge in [-0.25, -0.2) is 14.5 Å². The van der Waals surface area contributed by atoms with E-state index >= 15 is 0 Å². The predicted molar refractivity (Wildman–Crippen MR) is 112 cm³/mol. The molecule has 2 aromatic rings. The van der Waals surface area contributed by atoms with E-state index in [0.717, 1.165) is 11.5 Å². The third-order valence-electron chi connectivity index (χ3n) is 3.88. The second kappa shape index (κ2) is 9.60. The highest BCUT2D eigenvalue weighted by atomic mass is 35.5. The van der Waals surface area contributed by atoms with Gasteiger partial charge in [0, 0.05) is 19.2 Å². The van der Waals surface area contributed by atoms with Crippen molar-refractivity contribution in [1.82, 2.24) is 25.4 Å². The highest BCUT2D eigenvalue weighted by Gasteiger charge is 2.20. The van der Waals surface area contributed by atoms with Gasteiger partial charge < -0.3 is 20.7 Å². The molecule has 29 heavy (non-hydrogen) atoms. The Hall–Kier alpha value is -2.81. The lowest BCUT2D eigenvalue weighted by molar-refractivity contribution is 0.0948. The number of aromatic nitrogens is 3. The molecular weight excluding hydrogens is 396 g/mol. The summed E-state index contributed by atoms with van der Waals surface area (Å²) in [5, 5.41) is 13.2. The Kier molecular flexibility index (Phi) is 7.44. The van der Waals surface area contributed by atoms with E-state index in [2.05, 4.69) is 30.8 Å². The lowest BCUT2D eigenvalue weighted by Gasteiger charge is -2.22. The smallest absolute Gasteiger partial charge is 0.406 e. The van der Waals surface area contributed by atoms with Gasteiger partial charge in [-0.3, -0.25) is 4.79 Å². The summed E-state index contributed by atoms with van der Waals surface area (Å²) in [5.74, 6) is 0.861. The molecule has 2 heterocycles. The Labute approximate surface area is 175 Å². The van der Waals surface area contributed by atoms with E-state index in [0.29, 0.717) is 25.3 Å². The predicted octanol–water partition coefficient (Wildman–Crippen LogP) is 3.21. The van der Waals surface area contributed by atoms with Gasteiger partial charge in [-0.15, -0.1) is 0 Å². The zero-order valence-corrected chi connectivity index (χ0v) is 18.1. The van der Waals surface area contributed by atoms with E-state index in [1.165, 1.54) is 7.11 Å². The van der Waals surface area contributed by atoms with Gasteiger partial charge in [-0.05, 0) is 46.2 Å². The van der Waals surface area contributed by atoms with Crippen LogP contribution in [0.15, 0.2) is 18.2 Å². The molecule has 0 spiro atoms. The van der Waals surface area contributed by atoms with Crippen molar-refractivity contribution in [3.8, 4) is 0 Å². The fraction of sp³-hybridized carbons (Fsp3) is 0.474. The summed E-state index contributed by atoms with van der Waals surface area (Å²) in [6, 6.07) is 5.24. The molecule has 0 bridgehead atoms.